The van der Waals surface area contributed by atoms with Crippen molar-refractivity contribution in [3.8, 4) is 34.5 Å². The minimum Gasteiger partial charge on any atom is -0.481 e. The molecule has 500 valence electrons. The van der Waals surface area contributed by atoms with Crippen molar-refractivity contribution >= 4 is 84.8 Å². The van der Waals surface area contributed by atoms with Crippen molar-refractivity contribution in [1.29, 1.82) is 0 Å². The SMILES string of the molecule is C.CC(=O)O.CC(C)(C)c1[nH]c2ccc(NC(=O)C3(c4ccc5c(c4)OCO5)CC3)cc2c1N.CC(C)(C)c1[nH]c2ccc(NC(=O)C3(c4ccc5c(c4)OCO5)CC3)cc2c1N=O.CC(C)(C)c1cc2cc(NC(=O)C3(c4ccc5c(c4)OCO5)CC3)ccc2[nH]1.O=N[O-].[Na+].[Zn]. The van der Waals surface area contributed by atoms with Crippen LogP contribution in [0.2, 0.25) is 0 Å². The van der Waals surface area contributed by atoms with Crippen molar-refractivity contribution in [3.05, 3.63) is 164 Å². The summed E-state index contributed by atoms with van der Waals surface area (Å²) in [6.07, 6.45) is 4.89. The minimum absolute atomic E-state index is 0. The second-order valence-corrected chi connectivity index (χ2v) is 27.5. The molecule has 15 rings (SSSR count). The Morgan fingerprint density at radius 3 is 1.20 bits per heavy atom. The van der Waals surface area contributed by atoms with Crippen molar-refractivity contribution in [2.75, 3.05) is 42.1 Å². The quantitative estimate of drug-likeness (QED) is 0.0358. The fourth-order valence-electron chi connectivity index (χ4n) is 12.0. The van der Waals surface area contributed by atoms with E-state index in [4.69, 9.17) is 54.2 Å². The second-order valence-electron chi connectivity index (χ2n) is 27.5. The molecule has 25 heteroatoms. The fourth-order valence-corrected chi connectivity index (χ4v) is 12.0. The molecule has 3 saturated carbocycles. The van der Waals surface area contributed by atoms with Crippen LogP contribution in [0, 0.1) is 15.0 Å². The third-order valence-electron chi connectivity index (χ3n) is 17.7. The largest absolute Gasteiger partial charge is 1.00 e. The van der Waals surface area contributed by atoms with Crippen LogP contribution in [0.5, 0.6) is 34.5 Å². The van der Waals surface area contributed by atoms with Gasteiger partial charge in [-0.15, -0.1) is 10.2 Å². The Morgan fingerprint density at radius 1 is 0.495 bits per heavy atom. The molecular weight excluding hydrogens is 1300 g/mol. The van der Waals surface area contributed by atoms with Crippen LogP contribution in [0.25, 0.3) is 32.7 Å². The number of aromatic amines is 3. The molecule has 3 aromatic heterocycles. The molecule has 0 atom stereocenters. The predicted octanol–water partition coefficient (Wildman–Crippen LogP) is 12.6. The van der Waals surface area contributed by atoms with Crippen LogP contribution < -0.4 is 79.7 Å². The fraction of sp³-hybridized carbons (Fsp3) is 0.361. The number of carboxylic acid groups (broad SMARTS) is 1. The molecule has 23 nitrogen and oxygen atoms in total. The number of nitrogens with zero attached hydrogens (tertiary/aromatic N) is 2. The molecule has 9 N–H and O–H groups in total. The van der Waals surface area contributed by atoms with E-state index in [-0.39, 0.29) is 111 Å². The van der Waals surface area contributed by atoms with Gasteiger partial charge in [-0.3, -0.25) is 19.2 Å². The number of hydrogen-bond donors (Lipinski definition) is 8. The molecule has 97 heavy (non-hydrogen) atoms. The maximum atomic E-state index is 13.2. The number of carbonyl (C=O) groups is 4. The smallest absolute Gasteiger partial charge is 0.481 e. The summed E-state index contributed by atoms with van der Waals surface area (Å²) >= 11 is 0. The zero-order valence-electron chi connectivity index (χ0n) is 55.8. The Labute approximate surface area is 596 Å². The van der Waals surface area contributed by atoms with E-state index in [1.807, 2.05) is 130 Å². The van der Waals surface area contributed by atoms with Gasteiger partial charge in [-0.1, -0.05) is 87.9 Å². The van der Waals surface area contributed by atoms with E-state index in [1.165, 1.54) is 5.69 Å². The first-order valence-corrected chi connectivity index (χ1v) is 30.9. The number of anilines is 4. The van der Waals surface area contributed by atoms with Crippen molar-refractivity contribution in [2.45, 2.75) is 148 Å². The van der Waals surface area contributed by atoms with E-state index in [2.05, 4.69) is 83.7 Å². The number of fused-ring (bicyclic) bond motifs is 6. The molecule has 0 saturated heterocycles. The molecule has 6 aliphatic rings. The summed E-state index contributed by atoms with van der Waals surface area (Å²) in [6.45, 7) is 20.8. The summed E-state index contributed by atoms with van der Waals surface area (Å²) in [5.41, 5.74) is 16.7. The average Bonchev–Trinajstić information content (AvgIpc) is 1.61. The number of nitrogens with one attached hydrogen (secondary N) is 6. The summed E-state index contributed by atoms with van der Waals surface area (Å²) in [6, 6.07) is 36.8. The van der Waals surface area contributed by atoms with E-state index in [0.717, 1.165) is 141 Å². The van der Waals surface area contributed by atoms with Crippen LogP contribution in [0.4, 0.5) is 28.4 Å². The van der Waals surface area contributed by atoms with Gasteiger partial charge in [0.05, 0.1) is 27.6 Å². The van der Waals surface area contributed by atoms with Gasteiger partial charge in [-0.05, 0) is 157 Å². The number of ether oxygens (including phenoxy) is 6. The monoisotopic (exact) mass is 1380 g/mol. The van der Waals surface area contributed by atoms with Crippen LogP contribution in [0.15, 0.2) is 126 Å². The number of aliphatic carboxylic acids is 1. The number of nitrogen functional groups attached to an aromatic ring is 1. The summed E-state index contributed by atoms with van der Waals surface area (Å²) in [4.78, 5) is 78.2. The van der Waals surface area contributed by atoms with Crippen LogP contribution in [-0.4, -0.2) is 64.1 Å². The van der Waals surface area contributed by atoms with Gasteiger partial charge in [-0.2, -0.15) is 0 Å². The number of H-pyrrole nitrogens is 3. The van der Waals surface area contributed by atoms with E-state index < -0.39 is 22.2 Å². The normalized spacial score (nSPS) is 15.4. The number of benzene rings is 6. The molecule has 9 aromatic rings. The van der Waals surface area contributed by atoms with Gasteiger partial charge in [0.25, 0.3) is 5.97 Å². The molecular formula is C72H80N9NaO14Zn. The Bertz CT molecular complexity index is 4470. The van der Waals surface area contributed by atoms with E-state index >= 15 is 0 Å². The van der Waals surface area contributed by atoms with Gasteiger partial charge < -0.3 is 80.3 Å². The molecule has 6 aromatic carbocycles. The number of amides is 3. The molecule has 3 fully saturated rings. The second kappa shape index (κ2) is 28.6. The molecule has 3 amide bonds. The molecule has 0 radical (unpaired) electrons. The minimum atomic E-state index is -0.833. The number of rotatable bonds is 10. The van der Waals surface area contributed by atoms with Gasteiger partial charge in [0, 0.05) is 104 Å². The summed E-state index contributed by atoms with van der Waals surface area (Å²) in [5, 5.41) is 31.7. The van der Waals surface area contributed by atoms with Gasteiger partial charge in [-0.25, -0.2) is 0 Å². The number of aromatic nitrogens is 3. The van der Waals surface area contributed by atoms with Gasteiger partial charge in [0.1, 0.15) is 5.69 Å². The Balaban J connectivity index is 0.000000174. The number of carboxylic acids is 1. The van der Waals surface area contributed by atoms with Crippen molar-refractivity contribution < 1.29 is 102 Å². The third-order valence-corrected chi connectivity index (χ3v) is 17.7. The molecule has 0 spiro atoms. The van der Waals surface area contributed by atoms with Crippen molar-refractivity contribution in [3.63, 3.8) is 0 Å². The predicted molar refractivity (Wildman–Crippen MR) is 366 cm³/mol. The zero-order valence-corrected chi connectivity index (χ0v) is 60.7. The van der Waals surface area contributed by atoms with Gasteiger partial charge >= 0.3 is 29.6 Å². The summed E-state index contributed by atoms with van der Waals surface area (Å²) in [7, 11) is 0. The number of nitroso groups, excluding NO2 is 1. The summed E-state index contributed by atoms with van der Waals surface area (Å²) in [5.74, 6) is 3.43. The van der Waals surface area contributed by atoms with E-state index in [0.29, 0.717) is 34.0 Å². The number of nitrogens with two attached hydrogens (primary N) is 1. The number of carbonyl (C=O) groups excluding carboxylic acids is 3. The van der Waals surface area contributed by atoms with Crippen molar-refractivity contribution in [1.82, 2.24) is 15.0 Å². The van der Waals surface area contributed by atoms with E-state index in [9.17, 15) is 19.3 Å². The van der Waals surface area contributed by atoms with E-state index in [1.54, 1.807) is 0 Å². The maximum Gasteiger partial charge on any atom is 1.00 e. The van der Waals surface area contributed by atoms with Crippen molar-refractivity contribution in [2.24, 2.45) is 10.5 Å². The molecule has 3 aliphatic heterocycles. The molecule has 0 bridgehead atoms. The third kappa shape index (κ3) is 15.4. The topological polar surface area (TPSA) is 335 Å². The van der Waals surface area contributed by atoms with Crippen LogP contribution in [0.1, 0.15) is 149 Å². The Hall–Kier alpha value is -8.96. The number of hydrogen-bond acceptors (Lipinski definition) is 16. The van der Waals surface area contributed by atoms with Gasteiger partial charge in [0.2, 0.25) is 38.1 Å². The first kappa shape index (κ1) is 73.8. The first-order valence-electron chi connectivity index (χ1n) is 30.9. The Kier molecular flexibility index (Phi) is 21.8. The summed E-state index contributed by atoms with van der Waals surface area (Å²) < 4.78 is 32.6. The van der Waals surface area contributed by atoms with Crippen LogP contribution in [0.3, 0.4) is 0 Å². The zero-order chi connectivity index (χ0) is 67.3. The molecule has 6 heterocycles. The average molecular weight is 1380 g/mol. The van der Waals surface area contributed by atoms with Crippen LogP contribution in [-0.2, 0) is 71.1 Å². The van der Waals surface area contributed by atoms with Gasteiger partial charge in [0.15, 0.2) is 34.5 Å². The molecule has 0 unspecified atom stereocenters. The Morgan fingerprint density at radius 2 is 0.835 bits per heavy atom. The standard InChI is InChI=1S/C23H23N3O4.C23H25N3O3.C23H24N2O3.C2H4O2.CH4.HNO2.Na.Zn/c1-22(2,3)20-19(26-28)15-11-14(5-6-16(15)25-20)24-21(27)23(8-9-23)13-4-7-17-18(10-13)30-12-29-17;1-22(2,3)20-19(24)15-11-14(5-6-16(15)26-20)25-21(27)23(8-9-23)13-4-7-17-18(10-13)29-12-28-17;1-22(2,3)20-11-14-10-16(5-6-17(14)25-20)24-21(26)23(8-9-23)15-4-7-18-19(12-15)28-13-27-18;1-2(3)4;;2-1-3;;/h4-7,10-11,25H,8-9,12H2,1-3H3,(H,24,27);4-7,10-11,26H,8-9,12,24H2,1-3H3,(H,25,27);4-7,10-12,25H,8-9,13H2,1-3H3,(H,24,26);1H3,(H,3,4);1H4;(H,2,3);;/q;;;;;;+1;/p-1. The molecule has 3 aliphatic carbocycles. The van der Waals surface area contributed by atoms with Crippen LogP contribution >= 0.6 is 0 Å². The first-order chi connectivity index (χ1) is 44.6. The maximum absolute atomic E-state index is 13.2.